The van der Waals surface area contributed by atoms with E-state index < -0.39 is 17.5 Å². The van der Waals surface area contributed by atoms with Crippen molar-refractivity contribution < 1.29 is 24.2 Å². The Bertz CT molecular complexity index is 868. The Hall–Kier alpha value is -2.66. The van der Waals surface area contributed by atoms with Gasteiger partial charge in [-0.2, -0.15) is 0 Å². The van der Waals surface area contributed by atoms with Gasteiger partial charge in [-0.25, -0.2) is 4.79 Å². The first kappa shape index (κ1) is 17.2. The summed E-state index contributed by atoms with van der Waals surface area (Å²) in [6.07, 6.45) is 1.40. The number of esters is 2. The molecule has 0 aliphatic heterocycles. The van der Waals surface area contributed by atoms with Crippen LogP contribution < -0.4 is 0 Å². The average molecular weight is 340 g/mol. The minimum Gasteiger partial charge on any atom is -0.466 e. The second kappa shape index (κ2) is 6.69. The van der Waals surface area contributed by atoms with Crippen LogP contribution in [0.15, 0.2) is 42.5 Å². The van der Waals surface area contributed by atoms with E-state index in [0.29, 0.717) is 16.7 Å². The monoisotopic (exact) mass is 340 g/mol. The first-order chi connectivity index (χ1) is 12.0. The maximum Gasteiger partial charge on any atom is 0.347 e. The van der Waals surface area contributed by atoms with Crippen LogP contribution in [-0.2, 0) is 24.7 Å². The van der Waals surface area contributed by atoms with Crippen LogP contribution in [0.1, 0.15) is 31.4 Å². The summed E-state index contributed by atoms with van der Waals surface area (Å²) in [5.41, 5.74) is -0.214. The molecule has 1 aliphatic carbocycles. The summed E-state index contributed by atoms with van der Waals surface area (Å²) < 4.78 is 10.1. The van der Waals surface area contributed by atoms with E-state index in [1.54, 1.807) is 13.8 Å². The smallest absolute Gasteiger partial charge is 0.347 e. The van der Waals surface area contributed by atoms with Gasteiger partial charge in [-0.05, 0) is 41.8 Å². The fourth-order valence-electron chi connectivity index (χ4n) is 3.27. The molecule has 1 unspecified atom stereocenters. The Labute approximate surface area is 145 Å². The summed E-state index contributed by atoms with van der Waals surface area (Å²) >= 11 is 0. The van der Waals surface area contributed by atoms with Gasteiger partial charge in [0.05, 0.1) is 19.6 Å². The minimum absolute atomic E-state index is 0.0130. The highest BCUT2D eigenvalue weighted by Gasteiger charge is 2.45. The molecular formula is C20H20O5. The molecule has 2 aromatic carbocycles. The molecule has 0 amide bonds. The molecular weight excluding hydrogens is 320 g/mol. The van der Waals surface area contributed by atoms with Crippen LogP contribution in [0.4, 0.5) is 0 Å². The summed E-state index contributed by atoms with van der Waals surface area (Å²) in [5.74, 6) is -1.15. The lowest BCUT2D eigenvalue weighted by atomic mass is 9.90. The van der Waals surface area contributed by atoms with E-state index in [0.717, 1.165) is 10.8 Å². The highest BCUT2D eigenvalue weighted by molar-refractivity contribution is 6.03. The average Bonchev–Trinajstić information content (AvgIpc) is 2.89. The van der Waals surface area contributed by atoms with Gasteiger partial charge in [0.25, 0.3) is 0 Å². The van der Waals surface area contributed by atoms with E-state index in [9.17, 15) is 14.7 Å². The highest BCUT2D eigenvalue weighted by Crippen LogP contribution is 2.45. The lowest BCUT2D eigenvalue weighted by molar-refractivity contribution is -0.160. The summed E-state index contributed by atoms with van der Waals surface area (Å²) in [7, 11) is 0. The first-order valence-corrected chi connectivity index (χ1v) is 8.30. The van der Waals surface area contributed by atoms with Gasteiger partial charge >= 0.3 is 11.9 Å². The minimum atomic E-state index is -1.91. The molecule has 1 atom stereocenters. The highest BCUT2D eigenvalue weighted by atomic mass is 16.5. The van der Waals surface area contributed by atoms with Crippen molar-refractivity contribution >= 4 is 28.3 Å². The van der Waals surface area contributed by atoms with E-state index in [-0.39, 0.29) is 19.6 Å². The van der Waals surface area contributed by atoms with Crippen LogP contribution in [0.25, 0.3) is 16.3 Å². The number of rotatable bonds is 5. The van der Waals surface area contributed by atoms with E-state index in [1.807, 2.05) is 36.4 Å². The van der Waals surface area contributed by atoms with E-state index in [2.05, 4.69) is 0 Å². The van der Waals surface area contributed by atoms with Gasteiger partial charge in [0, 0.05) is 5.56 Å². The molecule has 25 heavy (non-hydrogen) atoms. The molecule has 0 fully saturated rings. The van der Waals surface area contributed by atoms with Crippen LogP contribution in [0.2, 0.25) is 0 Å². The van der Waals surface area contributed by atoms with Crippen molar-refractivity contribution in [2.45, 2.75) is 25.9 Å². The quantitative estimate of drug-likeness (QED) is 0.847. The molecule has 5 heteroatoms. The molecule has 1 N–H and O–H groups in total. The molecule has 1 aliphatic rings. The third-order valence-electron chi connectivity index (χ3n) is 4.27. The number of hydrogen-bond donors (Lipinski definition) is 1. The number of aliphatic hydroxyl groups is 1. The largest absolute Gasteiger partial charge is 0.466 e. The van der Waals surface area contributed by atoms with Gasteiger partial charge in [-0.3, -0.25) is 4.79 Å². The van der Waals surface area contributed by atoms with Crippen LogP contribution in [0.3, 0.4) is 0 Å². The number of ether oxygens (including phenoxy) is 2. The Balaban J connectivity index is 2.17. The second-order valence-corrected chi connectivity index (χ2v) is 5.85. The number of carbonyl (C=O) groups excluding carboxylic acids is 2. The third-order valence-corrected chi connectivity index (χ3v) is 4.27. The summed E-state index contributed by atoms with van der Waals surface area (Å²) in [5, 5.41) is 12.8. The normalized spacial score (nSPS) is 18.6. The number of hydrogen-bond acceptors (Lipinski definition) is 5. The van der Waals surface area contributed by atoms with Crippen LogP contribution in [0, 0.1) is 0 Å². The van der Waals surface area contributed by atoms with Crippen LogP contribution >= 0.6 is 0 Å². The standard InChI is InChI=1S/C20H20O5/c1-3-24-17(21)11-14-12-20(23,19(22)25-4-2)18-15-8-6-5-7-13(15)9-10-16(14)18/h5-10,12,23H,3-4,11H2,1-2H3. The Kier molecular flexibility index (Phi) is 4.59. The summed E-state index contributed by atoms with van der Waals surface area (Å²) in [4.78, 5) is 24.4. The first-order valence-electron chi connectivity index (χ1n) is 8.30. The van der Waals surface area contributed by atoms with Gasteiger partial charge < -0.3 is 14.6 Å². The lowest BCUT2D eigenvalue weighted by Gasteiger charge is -2.22. The number of carbonyl (C=O) groups is 2. The van der Waals surface area contributed by atoms with Crippen molar-refractivity contribution in [3.63, 3.8) is 0 Å². The molecule has 130 valence electrons. The van der Waals surface area contributed by atoms with Crippen molar-refractivity contribution in [1.82, 2.24) is 0 Å². The summed E-state index contributed by atoms with van der Waals surface area (Å²) in [6.45, 7) is 3.85. The van der Waals surface area contributed by atoms with Crippen LogP contribution in [0.5, 0.6) is 0 Å². The molecule has 0 aromatic heterocycles. The van der Waals surface area contributed by atoms with Crippen molar-refractivity contribution in [3.05, 3.63) is 53.6 Å². The maximum absolute atomic E-state index is 12.5. The van der Waals surface area contributed by atoms with Gasteiger partial charge in [0.2, 0.25) is 5.60 Å². The van der Waals surface area contributed by atoms with Crippen molar-refractivity contribution in [1.29, 1.82) is 0 Å². The van der Waals surface area contributed by atoms with Crippen LogP contribution in [-0.4, -0.2) is 30.3 Å². The second-order valence-electron chi connectivity index (χ2n) is 5.85. The SMILES string of the molecule is CCOC(=O)CC1=CC(O)(C(=O)OCC)c2c1ccc1ccccc21. The zero-order valence-corrected chi connectivity index (χ0v) is 14.2. The molecule has 3 rings (SSSR count). The molecule has 0 saturated carbocycles. The van der Waals surface area contributed by atoms with E-state index >= 15 is 0 Å². The van der Waals surface area contributed by atoms with Gasteiger partial charge in [-0.15, -0.1) is 0 Å². The Morgan fingerprint density at radius 3 is 2.48 bits per heavy atom. The number of fused-ring (bicyclic) bond motifs is 3. The number of benzene rings is 2. The Morgan fingerprint density at radius 1 is 1.04 bits per heavy atom. The molecule has 0 heterocycles. The van der Waals surface area contributed by atoms with E-state index in [4.69, 9.17) is 9.47 Å². The predicted octanol–water partition coefficient (Wildman–Crippen LogP) is 2.94. The van der Waals surface area contributed by atoms with Gasteiger partial charge in [-0.1, -0.05) is 36.4 Å². The molecule has 0 saturated heterocycles. The van der Waals surface area contributed by atoms with E-state index in [1.165, 1.54) is 6.08 Å². The van der Waals surface area contributed by atoms with Gasteiger partial charge in [0.15, 0.2) is 0 Å². The van der Waals surface area contributed by atoms with Crippen molar-refractivity contribution in [3.8, 4) is 0 Å². The lowest BCUT2D eigenvalue weighted by Crippen LogP contribution is -2.34. The zero-order valence-electron chi connectivity index (χ0n) is 14.2. The summed E-state index contributed by atoms with van der Waals surface area (Å²) in [6, 6.07) is 11.2. The zero-order chi connectivity index (χ0) is 18.0. The maximum atomic E-state index is 12.5. The molecule has 5 nitrogen and oxygen atoms in total. The Morgan fingerprint density at radius 2 is 1.76 bits per heavy atom. The van der Waals surface area contributed by atoms with Crippen molar-refractivity contribution in [2.75, 3.05) is 13.2 Å². The molecule has 0 radical (unpaired) electrons. The third kappa shape index (κ3) is 2.91. The fraction of sp³-hybridized carbons (Fsp3) is 0.300. The molecule has 0 bridgehead atoms. The predicted molar refractivity (Wildman–Crippen MR) is 93.7 cm³/mol. The molecule has 0 spiro atoms. The fourth-order valence-corrected chi connectivity index (χ4v) is 3.27. The molecule has 2 aromatic rings. The van der Waals surface area contributed by atoms with Gasteiger partial charge in [0.1, 0.15) is 0 Å². The topological polar surface area (TPSA) is 72.8 Å². The van der Waals surface area contributed by atoms with Crippen molar-refractivity contribution in [2.24, 2.45) is 0 Å².